The van der Waals surface area contributed by atoms with Crippen molar-refractivity contribution in [1.82, 2.24) is 15.4 Å². The fraction of sp³-hybridized carbons (Fsp3) is 0.263. The summed E-state index contributed by atoms with van der Waals surface area (Å²) in [7, 11) is -2.39. The number of benzene rings is 2. The third kappa shape index (κ3) is 6.05. The second kappa shape index (κ2) is 9.68. The second-order valence-electron chi connectivity index (χ2n) is 6.15. The summed E-state index contributed by atoms with van der Waals surface area (Å²) in [4.78, 5) is 24.4. The number of carbonyl (C=O) groups is 2. The van der Waals surface area contributed by atoms with E-state index in [-0.39, 0.29) is 17.2 Å². The van der Waals surface area contributed by atoms with Crippen LogP contribution in [0.5, 0.6) is 0 Å². The van der Waals surface area contributed by atoms with Crippen LogP contribution in [-0.4, -0.2) is 33.3 Å². The van der Waals surface area contributed by atoms with E-state index in [4.69, 9.17) is 11.6 Å². The van der Waals surface area contributed by atoms with Gasteiger partial charge < -0.3 is 10.6 Å². The Labute approximate surface area is 169 Å². The molecule has 0 radical (unpaired) electrons. The lowest BCUT2D eigenvalue weighted by atomic mass is 10.0. The van der Waals surface area contributed by atoms with Crippen LogP contribution < -0.4 is 15.4 Å². The molecule has 2 aromatic rings. The van der Waals surface area contributed by atoms with E-state index in [1.807, 2.05) is 6.07 Å². The van der Waals surface area contributed by atoms with E-state index in [1.165, 1.54) is 38.2 Å². The molecule has 0 aromatic heterocycles. The Morgan fingerprint density at radius 3 is 2.21 bits per heavy atom. The van der Waals surface area contributed by atoms with Crippen LogP contribution in [-0.2, 0) is 19.6 Å². The Balaban J connectivity index is 2.11. The molecule has 7 nitrogen and oxygen atoms in total. The summed E-state index contributed by atoms with van der Waals surface area (Å²) in [6, 6.07) is 13.0. The highest BCUT2D eigenvalue weighted by Gasteiger charge is 2.25. The highest BCUT2D eigenvalue weighted by molar-refractivity contribution is 7.89. The first-order valence-electron chi connectivity index (χ1n) is 8.56. The fourth-order valence-electron chi connectivity index (χ4n) is 2.49. The molecule has 0 aliphatic heterocycles. The summed E-state index contributed by atoms with van der Waals surface area (Å²) in [5.74, 6) is -0.793. The maximum Gasteiger partial charge on any atom is 0.241 e. The molecule has 0 aliphatic rings. The molecule has 0 aliphatic carbocycles. The van der Waals surface area contributed by atoms with Crippen LogP contribution in [0, 0.1) is 0 Å². The summed E-state index contributed by atoms with van der Waals surface area (Å²) in [5.41, 5.74) is 0.743. The summed E-state index contributed by atoms with van der Waals surface area (Å²) in [5, 5.41) is 5.66. The number of hydrogen-bond acceptors (Lipinski definition) is 4. The van der Waals surface area contributed by atoms with Gasteiger partial charge in [0, 0.05) is 12.1 Å². The molecule has 0 heterocycles. The zero-order valence-corrected chi connectivity index (χ0v) is 17.0. The van der Waals surface area contributed by atoms with E-state index >= 15 is 0 Å². The van der Waals surface area contributed by atoms with Crippen molar-refractivity contribution in [3.63, 3.8) is 0 Å². The van der Waals surface area contributed by atoms with Gasteiger partial charge in [-0.2, -0.15) is 4.72 Å². The van der Waals surface area contributed by atoms with Crippen LogP contribution in [0.2, 0.25) is 5.02 Å². The molecule has 2 rings (SSSR count). The minimum absolute atomic E-state index is 0.00141. The van der Waals surface area contributed by atoms with E-state index in [2.05, 4.69) is 15.4 Å². The van der Waals surface area contributed by atoms with Crippen molar-refractivity contribution >= 4 is 33.4 Å². The van der Waals surface area contributed by atoms with Gasteiger partial charge in [-0.15, -0.1) is 0 Å². The summed E-state index contributed by atoms with van der Waals surface area (Å²) in [6.45, 7) is 1.44. The summed E-state index contributed by atoms with van der Waals surface area (Å²) < 4.78 is 27.2. The fourth-order valence-corrected chi connectivity index (χ4v) is 3.82. The maximum absolute atomic E-state index is 12.6. The first kappa shape index (κ1) is 21.9. The molecule has 0 unspecified atom stereocenters. The van der Waals surface area contributed by atoms with Gasteiger partial charge in [-0.05, 0) is 36.8 Å². The van der Waals surface area contributed by atoms with Gasteiger partial charge >= 0.3 is 0 Å². The number of nitrogens with one attached hydrogen (secondary N) is 3. The Morgan fingerprint density at radius 2 is 1.64 bits per heavy atom. The zero-order chi connectivity index (χ0) is 20.7. The molecule has 150 valence electrons. The van der Waals surface area contributed by atoms with Gasteiger partial charge in [0.1, 0.15) is 0 Å². The van der Waals surface area contributed by atoms with E-state index in [0.29, 0.717) is 5.02 Å². The van der Waals surface area contributed by atoms with Crippen LogP contribution in [0.3, 0.4) is 0 Å². The summed E-state index contributed by atoms with van der Waals surface area (Å²) in [6.07, 6.45) is 0.0307. The molecule has 0 bridgehead atoms. The minimum atomic E-state index is -3.90. The Kier molecular flexibility index (Phi) is 7.56. The lowest BCUT2D eigenvalue weighted by molar-refractivity contribution is -0.124. The Bertz CT molecular complexity index is 918. The molecule has 9 heteroatoms. The lowest BCUT2D eigenvalue weighted by Crippen LogP contribution is -2.46. The first-order chi connectivity index (χ1) is 13.2. The molecule has 2 atom stereocenters. The molecule has 0 spiro atoms. The number of hydrogen-bond donors (Lipinski definition) is 3. The van der Waals surface area contributed by atoms with Gasteiger partial charge in [0.2, 0.25) is 21.8 Å². The number of amides is 2. The molecule has 0 saturated heterocycles. The monoisotopic (exact) mass is 423 g/mol. The normalized spacial score (nSPS) is 13.4. The summed E-state index contributed by atoms with van der Waals surface area (Å²) >= 11 is 5.77. The first-order valence-corrected chi connectivity index (χ1v) is 10.4. The number of rotatable bonds is 8. The van der Waals surface area contributed by atoms with Crippen molar-refractivity contribution in [2.24, 2.45) is 0 Å². The van der Waals surface area contributed by atoms with Crippen LogP contribution in [0.15, 0.2) is 59.5 Å². The predicted molar refractivity (Wildman–Crippen MR) is 107 cm³/mol. The average molecular weight is 424 g/mol. The molecular formula is C19H22ClN3O4S. The van der Waals surface area contributed by atoms with Crippen LogP contribution in [0.25, 0.3) is 0 Å². The van der Waals surface area contributed by atoms with Gasteiger partial charge in [-0.3, -0.25) is 9.59 Å². The van der Waals surface area contributed by atoms with Crippen molar-refractivity contribution in [1.29, 1.82) is 0 Å². The Hall–Kier alpha value is -2.42. The molecule has 0 fully saturated rings. The number of sulfonamides is 1. The molecule has 2 aromatic carbocycles. The minimum Gasteiger partial charge on any atom is -0.359 e. The topological polar surface area (TPSA) is 104 Å². The van der Waals surface area contributed by atoms with Crippen molar-refractivity contribution in [3.05, 3.63) is 65.2 Å². The van der Waals surface area contributed by atoms with Crippen molar-refractivity contribution in [2.75, 3.05) is 7.05 Å². The third-order valence-corrected chi connectivity index (χ3v) is 5.84. The average Bonchev–Trinajstić information content (AvgIpc) is 2.67. The number of halogens is 1. The quantitative estimate of drug-likeness (QED) is 0.604. The second-order valence-corrected chi connectivity index (χ2v) is 8.30. The standard InChI is InChI=1S/C19H22ClN3O4S/c1-13(23-28(26,27)16-10-8-15(20)9-11-16)19(25)22-17(12-18(24)21-2)14-6-4-3-5-7-14/h3-11,13,17,23H,12H2,1-2H3,(H,21,24)(H,22,25)/t13-,17-/m0/s1. The largest absolute Gasteiger partial charge is 0.359 e. The van der Waals surface area contributed by atoms with Crippen molar-refractivity contribution in [2.45, 2.75) is 30.3 Å². The lowest BCUT2D eigenvalue weighted by Gasteiger charge is -2.21. The highest BCUT2D eigenvalue weighted by atomic mass is 35.5. The molecule has 2 amide bonds. The molecule has 0 saturated carbocycles. The highest BCUT2D eigenvalue weighted by Crippen LogP contribution is 2.17. The van der Waals surface area contributed by atoms with Crippen LogP contribution >= 0.6 is 11.6 Å². The molecule has 28 heavy (non-hydrogen) atoms. The van der Waals surface area contributed by atoms with E-state index in [0.717, 1.165) is 5.56 Å². The van der Waals surface area contributed by atoms with E-state index in [9.17, 15) is 18.0 Å². The van der Waals surface area contributed by atoms with Crippen molar-refractivity contribution in [3.8, 4) is 0 Å². The van der Waals surface area contributed by atoms with Crippen LogP contribution in [0.4, 0.5) is 0 Å². The SMILES string of the molecule is CNC(=O)C[C@H](NC(=O)[C@H](C)NS(=O)(=O)c1ccc(Cl)cc1)c1ccccc1. The van der Waals surface area contributed by atoms with Gasteiger partial charge in [-0.25, -0.2) is 8.42 Å². The van der Waals surface area contributed by atoms with Gasteiger partial charge in [0.15, 0.2) is 0 Å². The van der Waals surface area contributed by atoms with Gasteiger partial charge in [-0.1, -0.05) is 41.9 Å². The molecular weight excluding hydrogens is 402 g/mol. The zero-order valence-electron chi connectivity index (χ0n) is 15.5. The maximum atomic E-state index is 12.6. The van der Waals surface area contributed by atoms with Crippen molar-refractivity contribution < 1.29 is 18.0 Å². The third-order valence-electron chi connectivity index (χ3n) is 4.04. The molecule has 3 N–H and O–H groups in total. The predicted octanol–water partition coefficient (Wildman–Crippen LogP) is 2.00. The van der Waals surface area contributed by atoms with Gasteiger partial charge in [0.05, 0.1) is 23.4 Å². The van der Waals surface area contributed by atoms with E-state index in [1.54, 1.807) is 24.3 Å². The smallest absolute Gasteiger partial charge is 0.241 e. The number of carbonyl (C=O) groups excluding carboxylic acids is 2. The van der Waals surface area contributed by atoms with E-state index < -0.39 is 28.0 Å². The van der Waals surface area contributed by atoms with Crippen LogP contribution in [0.1, 0.15) is 24.9 Å². The Morgan fingerprint density at radius 1 is 1.04 bits per heavy atom. The van der Waals surface area contributed by atoms with Gasteiger partial charge in [0.25, 0.3) is 0 Å².